The molecule has 0 unspecified atom stereocenters. The predicted octanol–water partition coefficient (Wildman–Crippen LogP) is 1.50. The van der Waals surface area contributed by atoms with Crippen molar-refractivity contribution >= 4 is 10.8 Å². The third kappa shape index (κ3) is 1.67. The van der Waals surface area contributed by atoms with E-state index in [0.717, 1.165) is 16.3 Å². The van der Waals surface area contributed by atoms with Crippen LogP contribution in [-0.2, 0) is 0 Å². The Morgan fingerprint density at radius 1 is 1.13 bits per heavy atom. The SMILES string of the molecule is NC[C@@H](N)c1c(O)ccc2ccccc12. The summed E-state index contributed by atoms with van der Waals surface area (Å²) in [6.45, 7) is 0.321. The molecule has 0 aliphatic heterocycles. The van der Waals surface area contributed by atoms with E-state index < -0.39 is 0 Å². The van der Waals surface area contributed by atoms with Gasteiger partial charge in [-0.2, -0.15) is 0 Å². The van der Waals surface area contributed by atoms with Crippen molar-refractivity contribution in [1.29, 1.82) is 0 Å². The Hall–Kier alpha value is -1.58. The quantitative estimate of drug-likeness (QED) is 0.691. The highest BCUT2D eigenvalue weighted by Gasteiger charge is 2.12. The van der Waals surface area contributed by atoms with Crippen LogP contribution in [0.2, 0.25) is 0 Å². The Kier molecular flexibility index (Phi) is 2.58. The summed E-state index contributed by atoms with van der Waals surface area (Å²) in [7, 11) is 0. The molecule has 0 bridgehead atoms. The van der Waals surface area contributed by atoms with Crippen LogP contribution in [0.25, 0.3) is 10.8 Å². The fourth-order valence-electron chi connectivity index (χ4n) is 1.79. The Morgan fingerprint density at radius 2 is 1.87 bits per heavy atom. The Morgan fingerprint density at radius 3 is 2.60 bits per heavy atom. The Labute approximate surface area is 88.3 Å². The van der Waals surface area contributed by atoms with Crippen molar-refractivity contribution in [3.05, 3.63) is 42.0 Å². The van der Waals surface area contributed by atoms with Crippen LogP contribution in [0.3, 0.4) is 0 Å². The Bertz CT molecular complexity index is 482. The van der Waals surface area contributed by atoms with Crippen molar-refractivity contribution in [2.45, 2.75) is 6.04 Å². The molecule has 0 saturated heterocycles. The van der Waals surface area contributed by atoms with E-state index in [1.54, 1.807) is 6.07 Å². The largest absolute Gasteiger partial charge is 0.508 e. The maximum atomic E-state index is 9.77. The molecule has 1 atom stereocenters. The van der Waals surface area contributed by atoms with Crippen LogP contribution in [0, 0.1) is 0 Å². The van der Waals surface area contributed by atoms with Gasteiger partial charge in [0.2, 0.25) is 0 Å². The van der Waals surface area contributed by atoms with Gasteiger partial charge in [-0.25, -0.2) is 0 Å². The van der Waals surface area contributed by atoms with E-state index in [-0.39, 0.29) is 11.8 Å². The molecule has 0 aromatic heterocycles. The van der Waals surface area contributed by atoms with Gasteiger partial charge in [0, 0.05) is 18.2 Å². The molecule has 2 aromatic carbocycles. The molecule has 0 spiro atoms. The molecular formula is C12H14N2O. The van der Waals surface area contributed by atoms with Gasteiger partial charge in [0.05, 0.1) is 0 Å². The first kappa shape index (κ1) is 9.96. The smallest absolute Gasteiger partial charge is 0.121 e. The first-order chi connectivity index (χ1) is 7.24. The lowest BCUT2D eigenvalue weighted by Gasteiger charge is -2.14. The second-order valence-corrected chi connectivity index (χ2v) is 3.56. The second kappa shape index (κ2) is 3.88. The number of fused-ring (bicyclic) bond motifs is 1. The molecular weight excluding hydrogens is 188 g/mol. The number of phenolic OH excluding ortho intramolecular Hbond substituents is 1. The van der Waals surface area contributed by atoms with Crippen LogP contribution < -0.4 is 11.5 Å². The number of nitrogens with two attached hydrogens (primary N) is 2. The standard InChI is InChI=1S/C12H14N2O/c13-7-10(14)12-9-4-2-1-3-8(9)5-6-11(12)15/h1-6,10,15H,7,13-14H2/t10-/m1/s1. The summed E-state index contributed by atoms with van der Waals surface area (Å²) in [6.07, 6.45) is 0. The molecule has 0 amide bonds. The fourth-order valence-corrected chi connectivity index (χ4v) is 1.79. The van der Waals surface area contributed by atoms with E-state index in [0.29, 0.717) is 6.54 Å². The van der Waals surface area contributed by atoms with E-state index in [2.05, 4.69) is 0 Å². The topological polar surface area (TPSA) is 72.3 Å². The van der Waals surface area contributed by atoms with Crippen LogP contribution in [0.4, 0.5) is 0 Å². The number of aromatic hydroxyl groups is 1. The molecule has 78 valence electrons. The lowest BCUT2D eigenvalue weighted by Crippen LogP contribution is -2.21. The molecule has 0 saturated carbocycles. The van der Waals surface area contributed by atoms with E-state index in [1.165, 1.54) is 0 Å². The number of hydrogen-bond donors (Lipinski definition) is 3. The molecule has 2 aromatic rings. The fraction of sp³-hybridized carbons (Fsp3) is 0.167. The van der Waals surface area contributed by atoms with Crippen molar-refractivity contribution < 1.29 is 5.11 Å². The normalized spacial score (nSPS) is 12.9. The maximum absolute atomic E-state index is 9.77. The molecule has 0 heterocycles. The van der Waals surface area contributed by atoms with E-state index in [9.17, 15) is 5.11 Å². The molecule has 0 aliphatic rings. The van der Waals surface area contributed by atoms with E-state index >= 15 is 0 Å². The lowest BCUT2D eigenvalue weighted by atomic mass is 9.98. The second-order valence-electron chi connectivity index (χ2n) is 3.56. The summed E-state index contributed by atoms with van der Waals surface area (Å²) in [5, 5.41) is 11.8. The van der Waals surface area contributed by atoms with E-state index in [1.807, 2.05) is 30.3 Å². The van der Waals surface area contributed by atoms with Gasteiger partial charge in [0.25, 0.3) is 0 Å². The van der Waals surface area contributed by atoms with Gasteiger partial charge in [-0.1, -0.05) is 30.3 Å². The molecule has 2 rings (SSSR count). The highest BCUT2D eigenvalue weighted by molar-refractivity contribution is 5.88. The molecule has 15 heavy (non-hydrogen) atoms. The predicted molar refractivity (Wildman–Crippen MR) is 61.6 cm³/mol. The number of phenols is 1. The van der Waals surface area contributed by atoms with Crippen LogP contribution >= 0.6 is 0 Å². The average Bonchev–Trinajstić information content (AvgIpc) is 2.28. The first-order valence-electron chi connectivity index (χ1n) is 4.90. The van der Waals surface area contributed by atoms with Gasteiger partial charge in [-0.15, -0.1) is 0 Å². The maximum Gasteiger partial charge on any atom is 0.121 e. The van der Waals surface area contributed by atoms with Gasteiger partial charge in [-0.3, -0.25) is 0 Å². The number of benzene rings is 2. The van der Waals surface area contributed by atoms with Crippen molar-refractivity contribution in [3.8, 4) is 5.75 Å². The summed E-state index contributed by atoms with van der Waals surface area (Å²) < 4.78 is 0. The Balaban J connectivity index is 2.74. The summed E-state index contributed by atoms with van der Waals surface area (Å²) in [5.74, 6) is 0.214. The molecule has 3 heteroatoms. The first-order valence-corrected chi connectivity index (χ1v) is 4.90. The monoisotopic (exact) mass is 202 g/mol. The van der Waals surface area contributed by atoms with Crippen LogP contribution in [-0.4, -0.2) is 11.7 Å². The number of hydrogen-bond acceptors (Lipinski definition) is 3. The van der Waals surface area contributed by atoms with E-state index in [4.69, 9.17) is 11.5 Å². The summed E-state index contributed by atoms with van der Waals surface area (Å²) in [4.78, 5) is 0. The minimum atomic E-state index is -0.323. The minimum absolute atomic E-state index is 0.214. The third-order valence-corrected chi connectivity index (χ3v) is 2.57. The zero-order valence-corrected chi connectivity index (χ0v) is 8.35. The lowest BCUT2D eigenvalue weighted by molar-refractivity contribution is 0.463. The number of rotatable bonds is 2. The van der Waals surface area contributed by atoms with Gasteiger partial charge in [0.15, 0.2) is 0 Å². The average molecular weight is 202 g/mol. The summed E-state index contributed by atoms with van der Waals surface area (Å²) >= 11 is 0. The van der Waals surface area contributed by atoms with Crippen LogP contribution in [0.1, 0.15) is 11.6 Å². The molecule has 0 aliphatic carbocycles. The highest BCUT2D eigenvalue weighted by atomic mass is 16.3. The molecule has 0 fully saturated rings. The highest BCUT2D eigenvalue weighted by Crippen LogP contribution is 2.30. The summed E-state index contributed by atoms with van der Waals surface area (Å²) in [5.41, 5.74) is 12.1. The van der Waals surface area contributed by atoms with Gasteiger partial charge in [0.1, 0.15) is 5.75 Å². The van der Waals surface area contributed by atoms with Crippen molar-refractivity contribution in [1.82, 2.24) is 0 Å². The van der Waals surface area contributed by atoms with Gasteiger partial charge in [-0.05, 0) is 16.8 Å². The van der Waals surface area contributed by atoms with Gasteiger partial charge >= 0.3 is 0 Å². The van der Waals surface area contributed by atoms with Crippen molar-refractivity contribution in [2.75, 3.05) is 6.54 Å². The van der Waals surface area contributed by atoms with Crippen molar-refractivity contribution in [2.24, 2.45) is 11.5 Å². The minimum Gasteiger partial charge on any atom is -0.508 e. The zero-order valence-electron chi connectivity index (χ0n) is 8.35. The molecule has 5 N–H and O–H groups in total. The molecule has 0 radical (unpaired) electrons. The van der Waals surface area contributed by atoms with Crippen LogP contribution in [0.15, 0.2) is 36.4 Å². The third-order valence-electron chi connectivity index (χ3n) is 2.57. The zero-order chi connectivity index (χ0) is 10.8. The van der Waals surface area contributed by atoms with Gasteiger partial charge < -0.3 is 16.6 Å². The van der Waals surface area contributed by atoms with Crippen LogP contribution in [0.5, 0.6) is 5.75 Å². The summed E-state index contributed by atoms with van der Waals surface area (Å²) in [6, 6.07) is 11.0. The molecule has 3 nitrogen and oxygen atoms in total. The van der Waals surface area contributed by atoms with Crippen molar-refractivity contribution in [3.63, 3.8) is 0 Å².